The van der Waals surface area contributed by atoms with Crippen molar-refractivity contribution in [1.82, 2.24) is 5.32 Å². The Bertz CT molecular complexity index is 666. The van der Waals surface area contributed by atoms with Crippen LogP contribution in [0.5, 0.6) is 0 Å². The van der Waals surface area contributed by atoms with Crippen LogP contribution in [0, 0.1) is 11.8 Å². The van der Waals surface area contributed by atoms with Crippen molar-refractivity contribution >= 4 is 11.9 Å². The molecule has 2 atom stereocenters. The monoisotopic (exact) mass is 355 g/mol. The SMILES string of the molecule is O=C(O)C1CCC(NC(=O)[C@H]2C[C@H]2c2ccccc2C(F)(F)F)CC1. The molecule has 136 valence electrons. The second-order valence-corrected chi connectivity index (χ2v) is 6.93. The van der Waals surface area contributed by atoms with E-state index in [-0.39, 0.29) is 23.4 Å². The molecule has 7 heteroatoms. The number of rotatable bonds is 4. The molecule has 2 saturated carbocycles. The van der Waals surface area contributed by atoms with E-state index in [2.05, 4.69) is 5.32 Å². The molecular weight excluding hydrogens is 335 g/mol. The lowest BCUT2D eigenvalue weighted by Gasteiger charge is -2.27. The van der Waals surface area contributed by atoms with Crippen molar-refractivity contribution in [2.24, 2.45) is 11.8 Å². The van der Waals surface area contributed by atoms with Gasteiger partial charge in [-0.15, -0.1) is 0 Å². The molecule has 2 aliphatic carbocycles. The number of aliphatic carboxylic acids is 1. The van der Waals surface area contributed by atoms with Gasteiger partial charge in [0.2, 0.25) is 5.91 Å². The summed E-state index contributed by atoms with van der Waals surface area (Å²) in [6.45, 7) is 0. The molecule has 3 rings (SSSR count). The molecule has 0 bridgehead atoms. The summed E-state index contributed by atoms with van der Waals surface area (Å²) < 4.78 is 39.3. The number of nitrogens with one attached hydrogen (secondary N) is 1. The van der Waals surface area contributed by atoms with E-state index in [4.69, 9.17) is 5.11 Å². The van der Waals surface area contributed by atoms with E-state index in [9.17, 15) is 22.8 Å². The van der Waals surface area contributed by atoms with Crippen LogP contribution in [0.3, 0.4) is 0 Å². The lowest BCUT2D eigenvalue weighted by Crippen LogP contribution is -2.39. The van der Waals surface area contributed by atoms with Crippen LogP contribution in [0.4, 0.5) is 13.2 Å². The Morgan fingerprint density at radius 1 is 1.08 bits per heavy atom. The van der Waals surface area contributed by atoms with Gasteiger partial charge in [0.25, 0.3) is 0 Å². The summed E-state index contributed by atoms with van der Waals surface area (Å²) in [4.78, 5) is 23.3. The van der Waals surface area contributed by atoms with Crippen molar-refractivity contribution in [2.45, 2.75) is 50.2 Å². The van der Waals surface area contributed by atoms with Gasteiger partial charge in [0.15, 0.2) is 0 Å². The van der Waals surface area contributed by atoms with Crippen LogP contribution in [0.1, 0.15) is 49.1 Å². The number of amides is 1. The zero-order valence-electron chi connectivity index (χ0n) is 13.6. The molecule has 2 N–H and O–H groups in total. The first-order valence-electron chi connectivity index (χ1n) is 8.46. The maximum atomic E-state index is 13.1. The summed E-state index contributed by atoms with van der Waals surface area (Å²) in [5, 5.41) is 11.9. The Kier molecular flexibility index (Phi) is 4.75. The average molecular weight is 355 g/mol. The van der Waals surface area contributed by atoms with Crippen molar-refractivity contribution in [1.29, 1.82) is 0 Å². The third-order valence-corrected chi connectivity index (χ3v) is 5.22. The third kappa shape index (κ3) is 3.96. The topological polar surface area (TPSA) is 66.4 Å². The highest BCUT2D eigenvalue weighted by molar-refractivity contribution is 5.83. The summed E-state index contributed by atoms with van der Waals surface area (Å²) in [6, 6.07) is 5.33. The van der Waals surface area contributed by atoms with E-state index in [0.29, 0.717) is 32.1 Å². The Morgan fingerprint density at radius 2 is 1.72 bits per heavy atom. The van der Waals surface area contributed by atoms with E-state index >= 15 is 0 Å². The van der Waals surface area contributed by atoms with Crippen LogP contribution in [0.2, 0.25) is 0 Å². The first-order chi connectivity index (χ1) is 11.8. The van der Waals surface area contributed by atoms with Crippen molar-refractivity contribution in [3.8, 4) is 0 Å². The highest BCUT2D eigenvalue weighted by atomic mass is 19.4. The first-order valence-corrected chi connectivity index (χ1v) is 8.46. The number of carbonyl (C=O) groups is 2. The molecule has 0 aliphatic heterocycles. The smallest absolute Gasteiger partial charge is 0.416 e. The zero-order chi connectivity index (χ0) is 18.2. The maximum Gasteiger partial charge on any atom is 0.416 e. The van der Waals surface area contributed by atoms with Crippen molar-refractivity contribution < 1.29 is 27.9 Å². The van der Waals surface area contributed by atoms with Gasteiger partial charge < -0.3 is 10.4 Å². The molecule has 4 nitrogen and oxygen atoms in total. The Morgan fingerprint density at radius 3 is 2.32 bits per heavy atom. The largest absolute Gasteiger partial charge is 0.481 e. The third-order valence-electron chi connectivity index (χ3n) is 5.22. The quantitative estimate of drug-likeness (QED) is 0.868. The number of carboxylic acids is 1. The van der Waals surface area contributed by atoms with E-state index in [0.717, 1.165) is 6.07 Å². The second kappa shape index (κ2) is 6.69. The Labute approximate surface area is 143 Å². The summed E-state index contributed by atoms with van der Waals surface area (Å²) in [7, 11) is 0. The standard InChI is InChI=1S/C18H20F3NO3/c19-18(20,21)15-4-2-1-3-12(15)13-9-14(13)16(23)22-11-7-5-10(6-8-11)17(24)25/h1-4,10-11,13-14H,5-9H2,(H,22,23)(H,24,25)/t10?,11?,13-,14-/m0/s1. The van der Waals surface area contributed by atoms with Crippen LogP contribution in [-0.2, 0) is 15.8 Å². The molecule has 0 radical (unpaired) electrons. The zero-order valence-corrected chi connectivity index (χ0v) is 13.6. The number of halogens is 3. The summed E-state index contributed by atoms with van der Waals surface area (Å²) in [6.07, 6.45) is -1.77. The molecule has 25 heavy (non-hydrogen) atoms. The van der Waals surface area contributed by atoms with Gasteiger partial charge in [-0.25, -0.2) is 0 Å². The van der Waals surface area contributed by atoms with Gasteiger partial charge in [-0.05, 0) is 49.7 Å². The maximum absolute atomic E-state index is 13.1. The minimum Gasteiger partial charge on any atom is -0.481 e. The van der Waals surface area contributed by atoms with Crippen molar-refractivity contribution in [3.05, 3.63) is 35.4 Å². The van der Waals surface area contributed by atoms with Gasteiger partial charge in [0, 0.05) is 12.0 Å². The highest BCUT2D eigenvalue weighted by Crippen LogP contribution is 2.51. The summed E-state index contributed by atoms with van der Waals surface area (Å²) in [5.74, 6) is -2.22. The van der Waals surface area contributed by atoms with Crippen LogP contribution < -0.4 is 5.32 Å². The lowest BCUT2D eigenvalue weighted by atomic mass is 9.86. The molecular formula is C18H20F3NO3. The van der Waals surface area contributed by atoms with Crippen molar-refractivity contribution in [3.63, 3.8) is 0 Å². The Balaban J connectivity index is 1.58. The van der Waals surface area contributed by atoms with Crippen LogP contribution >= 0.6 is 0 Å². The average Bonchev–Trinajstić information content (AvgIpc) is 3.35. The number of hydrogen-bond donors (Lipinski definition) is 2. The molecule has 0 heterocycles. The van der Waals surface area contributed by atoms with E-state index < -0.39 is 29.5 Å². The molecule has 1 aromatic rings. The van der Waals surface area contributed by atoms with Gasteiger partial charge in [-0.1, -0.05) is 18.2 Å². The molecule has 2 fully saturated rings. The summed E-state index contributed by atoms with van der Waals surface area (Å²) in [5.41, 5.74) is -0.484. The lowest BCUT2D eigenvalue weighted by molar-refractivity contribution is -0.143. The van der Waals surface area contributed by atoms with Gasteiger partial charge in [0.05, 0.1) is 11.5 Å². The van der Waals surface area contributed by atoms with Gasteiger partial charge in [-0.2, -0.15) is 13.2 Å². The van der Waals surface area contributed by atoms with E-state index in [1.54, 1.807) is 6.07 Å². The van der Waals surface area contributed by atoms with Gasteiger partial charge in [-0.3, -0.25) is 9.59 Å². The molecule has 0 spiro atoms. The molecule has 0 unspecified atom stereocenters. The minimum atomic E-state index is -4.42. The van der Waals surface area contributed by atoms with E-state index in [1.807, 2.05) is 0 Å². The number of carbonyl (C=O) groups excluding carboxylic acids is 1. The minimum absolute atomic E-state index is 0.0813. The Hall–Kier alpha value is -2.05. The molecule has 2 aliphatic rings. The molecule has 1 amide bonds. The van der Waals surface area contributed by atoms with Crippen LogP contribution in [0.25, 0.3) is 0 Å². The molecule has 0 saturated heterocycles. The highest BCUT2D eigenvalue weighted by Gasteiger charge is 2.48. The molecule has 0 aromatic heterocycles. The number of carboxylic acid groups (broad SMARTS) is 1. The van der Waals surface area contributed by atoms with Crippen LogP contribution in [-0.4, -0.2) is 23.0 Å². The predicted octanol–water partition coefficient (Wildman–Crippen LogP) is 3.57. The number of hydrogen-bond acceptors (Lipinski definition) is 2. The molecule has 1 aromatic carbocycles. The van der Waals surface area contributed by atoms with Gasteiger partial charge >= 0.3 is 12.1 Å². The van der Waals surface area contributed by atoms with Crippen LogP contribution in [0.15, 0.2) is 24.3 Å². The number of benzene rings is 1. The first kappa shape index (κ1) is 17.8. The van der Waals surface area contributed by atoms with Gasteiger partial charge in [0.1, 0.15) is 0 Å². The van der Waals surface area contributed by atoms with Crippen molar-refractivity contribution in [2.75, 3.05) is 0 Å². The second-order valence-electron chi connectivity index (χ2n) is 6.93. The number of alkyl halides is 3. The fraction of sp³-hybridized carbons (Fsp3) is 0.556. The fourth-order valence-electron chi connectivity index (χ4n) is 3.70. The van der Waals surface area contributed by atoms with E-state index in [1.165, 1.54) is 12.1 Å². The summed E-state index contributed by atoms with van der Waals surface area (Å²) >= 11 is 0. The fourth-order valence-corrected chi connectivity index (χ4v) is 3.70. The normalized spacial score (nSPS) is 29.1. The predicted molar refractivity (Wildman–Crippen MR) is 83.8 cm³/mol.